The summed E-state index contributed by atoms with van der Waals surface area (Å²) in [5, 5.41) is 0. The van der Waals surface area contributed by atoms with Gasteiger partial charge in [0.05, 0.1) is 0 Å². The number of hydrogen-bond acceptors (Lipinski definition) is 1. The molecular formula is C21H26O. The van der Waals surface area contributed by atoms with Crippen molar-refractivity contribution in [1.82, 2.24) is 0 Å². The van der Waals surface area contributed by atoms with E-state index in [0.717, 1.165) is 17.5 Å². The van der Waals surface area contributed by atoms with Crippen LogP contribution in [0.5, 0.6) is 0 Å². The summed E-state index contributed by atoms with van der Waals surface area (Å²) in [6.45, 7) is 2.24. The minimum atomic E-state index is 0.141. The SMILES string of the molecule is CCCCCCCCc1ccccc1C(=O)c1ccccc1. The summed E-state index contributed by atoms with van der Waals surface area (Å²) in [4.78, 5) is 12.6. The lowest BCUT2D eigenvalue weighted by atomic mass is 9.95. The molecule has 0 amide bonds. The Kier molecular flexibility index (Phi) is 6.89. The largest absolute Gasteiger partial charge is 0.289 e. The Morgan fingerprint density at radius 2 is 1.41 bits per heavy atom. The van der Waals surface area contributed by atoms with Gasteiger partial charge in [-0.15, -0.1) is 0 Å². The molecule has 2 aromatic rings. The Hall–Kier alpha value is -1.89. The van der Waals surface area contributed by atoms with Crippen LogP contribution in [0.3, 0.4) is 0 Å². The summed E-state index contributed by atoms with van der Waals surface area (Å²) in [5.74, 6) is 0.141. The molecule has 116 valence electrons. The van der Waals surface area contributed by atoms with Crippen LogP contribution in [0.4, 0.5) is 0 Å². The fraction of sp³-hybridized carbons (Fsp3) is 0.381. The Morgan fingerprint density at radius 3 is 2.18 bits per heavy atom. The summed E-state index contributed by atoms with van der Waals surface area (Å²) < 4.78 is 0. The van der Waals surface area contributed by atoms with E-state index in [1.807, 2.05) is 48.5 Å². The van der Waals surface area contributed by atoms with Gasteiger partial charge in [-0.25, -0.2) is 0 Å². The van der Waals surface area contributed by atoms with Crippen LogP contribution in [0.2, 0.25) is 0 Å². The molecule has 0 aromatic heterocycles. The van der Waals surface area contributed by atoms with Crippen LogP contribution < -0.4 is 0 Å². The number of unbranched alkanes of at least 4 members (excludes halogenated alkanes) is 5. The number of rotatable bonds is 9. The highest BCUT2D eigenvalue weighted by Crippen LogP contribution is 2.17. The normalized spacial score (nSPS) is 10.6. The maximum Gasteiger partial charge on any atom is 0.193 e. The van der Waals surface area contributed by atoms with Crippen molar-refractivity contribution in [3.63, 3.8) is 0 Å². The van der Waals surface area contributed by atoms with Crippen molar-refractivity contribution >= 4 is 5.78 Å². The quantitative estimate of drug-likeness (QED) is 0.420. The van der Waals surface area contributed by atoms with Crippen LogP contribution in [0.25, 0.3) is 0 Å². The van der Waals surface area contributed by atoms with Crippen LogP contribution in [-0.4, -0.2) is 5.78 Å². The Labute approximate surface area is 134 Å². The molecule has 2 aromatic carbocycles. The van der Waals surface area contributed by atoms with Crippen molar-refractivity contribution in [2.75, 3.05) is 0 Å². The number of ketones is 1. The van der Waals surface area contributed by atoms with Crippen molar-refractivity contribution in [2.45, 2.75) is 51.9 Å². The predicted molar refractivity (Wildman–Crippen MR) is 93.4 cm³/mol. The molecular weight excluding hydrogens is 268 g/mol. The minimum Gasteiger partial charge on any atom is -0.289 e. The molecule has 1 nitrogen and oxygen atoms in total. The Morgan fingerprint density at radius 1 is 0.773 bits per heavy atom. The first-order valence-electron chi connectivity index (χ1n) is 8.50. The standard InChI is InChI=1S/C21H26O/c1-2-3-4-5-6-8-13-18-14-11-12-17-20(18)21(22)19-15-9-7-10-16-19/h7,9-12,14-17H,2-6,8,13H2,1H3. The zero-order chi connectivity index (χ0) is 15.6. The molecule has 0 saturated heterocycles. The van der Waals surface area contributed by atoms with E-state index in [-0.39, 0.29) is 5.78 Å². The van der Waals surface area contributed by atoms with Crippen LogP contribution in [0.15, 0.2) is 54.6 Å². The zero-order valence-electron chi connectivity index (χ0n) is 13.6. The first kappa shape index (κ1) is 16.5. The van der Waals surface area contributed by atoms with E-state index in [1.165, 1.54) is 44.1 Å². The van der Waals surface area contributed by atoms with Gasteiger partial charge in [-0.2, -0.15) is 0 Å². The van der Waals surface area contributed by atoms with Crippen molar-refractivity contribution in [3.05, 3.63) is 71.3 Å². The third kappa shape index (κ3) is 4.84. The Balaban J connectivity index is 1.97. The van der Waals surface area contributed by atoms with E-state index < -0.39 is 0 Å². The first-order valence-corrected chi connectivity index (χ1v) is 8.50. The molecule has 22 heavy (non-hydrogen) atoms. The van der Waals surface area contributed by atoms with Crippen LogP contribution in [0, 0.1) is 0 Å². The van der Waals surface area contributed by atoms with E-state index in [4.69, 9.17) is 0 Å². The predicted octanol–water partition coefficient (Wildman–Crippen LogP) is 5.82. The number of hydrogen-bond donors (Lipinski definition) is 0. The van der Waals surface area contributed by atoms with Gasteiger partial charge >= 0.3 is 0 Å². The van der Waals surface area contributed by atoms with Gasteiger partial charge in [-0.1, -0.05) is 93.6 Å². The van der Waals surface area contributed by atoms with Crippen molar-refractivity contribution in [1.29, 1.82) is 0 Å². The van der Waals surface area contributed by atoms with Crippen LogP contribution in [0.1, 0.15) is 66.9 Å². The lowest BCUT2D eigenvalue weighted by Gasteiger charge is -2.09. The van der Waals surface area contributed by atoms with E-state index >= 15 is 0 Å². The zero-order valence-corrected chi connectivity index (χ0v) is 13.6. The highest BCUT2D eigenvalue weighted by Gasteiger charge is 2.12. The molecule has 1 heteroatoms. The van der Waals surface area contributed by atoms with Gasteiger partial charge in [0.25, 0.3) is 0 Å². The molecule has 0 aliphatic heterocycles. The minimum absolute atomic E-state index is 0.141. The number of carbonyl (C=O) groups excluding carboxylic acids is 1. The summed E-state index contributed by atoms with van der Waals surface area (Å²) in [6.07, 6.45) is 8.69. The fourth-order valence-corrected chi connectivity index (χ4v) is 2.80. The topological polar surface area (TPSA) is 17.1 Å². The summed E-state index contributed by atoms with van der Waals surface area (Å²) in [6, 6.07) is 17.6. The maximum absolute atomic E-state index is 12.6. The lowest BCUT2D eigenvalue weighted by molar-refractivity contribution is 0.103. The number of benzene rings is 2. The van der Waals surface area contributed by atoms with Crippen molar-refractivity contribution in [2.24, 2.45) is 0 Å². The molecule has 0 aliphatic carbocycles. The van der Waals surface area contributed by atoms with Crippen molar-refractivity contribution in [3.8, 4) is 0 Å². The fourth-order valence-electron chi connectivity index (χ4n) is 2.80. The van der Waals surface area contributed by atoms with E-state index in [2.05, 4.69) is 13.0 Å². The van der Waals surface area contributed by atoms with Gasteiger partial charge in [0.1, 0.15) is 0 Å². The third-order valence-corrected chi connectivity index (χ3v) is 4.10. The third-order valence-electron chi connectivity index (χ3n) is 4.10. The lowest BCUT2D eigenvalue weighted by Crippen LogP contribution is -2.05. The molecule has 0 spiro atoms. The van der Waals surface area contributed by atoms with Gasteiger partial charge in [-0.05, 0) is 18.4 Å². The average Bonchev–Trinajstić information content (AvgIpc) is 2.58. The molecule has 0 N–H and O–H groups in total. The van der Waals surface area contributed by atoms with Gasteiger partial charge < -0.3 is 0 Å². The summed E-state index contributed by atoms with van der Waals surface area (Å²) in [5.41, 5.74) is 2.83. The highest BCUT2D eigenvalue weighted by atomic mass is 16.1. The molecule has 0 radical (unpaired) electrons. The Bertz CT molecular complexity index is 571. The number of aryl methyl sites for hydroxylation is 1. The second kappa shape index (κ2) is 9.19. The second-order valence-electron chi connectivity index (χ2n) is 5.87. The summed E-state index contributed by atoms with van der Waals surface area (Å²) in [7, 11) is 0. The van der Waals surface area contributed by atoms with E-state index in [9.17, 15) is 4.79 Å². The maximum atomic E-state index is 12.6. The van der Waals surface area contributed by atoms with Gasteiger partial charge in [0.2, 0.25) is 0 Å². The van der Waals surface area contributed by atoms with Crippen LogP contribution in [-0.2, 0) is 6.42 Å². The molecule has 0 aliphatic rings. The summed E-state index contributed by atoms with van der Waals surface area (Å²) >= 11 is 0. The van der Waals surface area contributed by atoms with Gasteiger partial charge in [-0.3, -0.25) is 4.79 Å². The van der Waals surface area contributed by atoms with E-state index in [1.54, 1.807) is 0 Å². The van der Waals surface area contributed by atoms with Gasteiger partial charge in [0.15, 0.2) is 5.78 Å². The van der Waals surface area contributed by atoms with Crippen LogP contribution >= 0.6 is 0 Å². The molecule has 0 unspecified atom stereocenters. The highest BCUT2D eigenvalue weighted by molar-refractivity contribution is 6.09. The average molecular weight is 294 g/mol. The smallest absolute Gasteiger partial charge is 0.193 e. The second-order valence-corrected chi connectivity index (χ2v) is 5.87. The monoisotopic (exact) mass is 294 g/mol. The van der Waals surface area contributed by atoms with Gasteiger partial charge in [0, 0.05) is 11.1 Å². The van der Waals surface area contributed by atoms with Crippen molar-refractivity contribution < 1.29 is 4.79 Å². The molecule has 2 rings (SSSR count). The molecule has 0 heterocycles. The molecule has 0 fully saturated rings. The number of carbonyl (C=O) groups is 1. The molecule has 0 bridgehead atoms. The first-order chi connectivity index (χ1) is 10.8. The van der Waals surface area contributed by atoms with E-state index in [0.29, 0.717) is 0 Å². The molecule has 0 atom stereocenters. The molecule has 0 saturated carbocycles.